The number of halogens is 2. The average molecular weight is 488 g/mol. The first-order valence-electron chi connectivity index (χ1n) is 9.81. The average Bonchev–Trinajstić information content (AvgIpc) is 2.76. The maximum absolute atomic E-state index is 14.6. The van der Waals surface area contributed by atoms with Crippen molar-refractivity contribution in [3.8, 4) is 5.75 Å². The minimum atomic E-state index is -4.19. The van der Waals surface area contributed by atoms with Crippen molar-refractivity contribution in [2.75, 3.05) is 19.0 Å². The molecule has 1 aliphatic heterocycles. The van der Waals surface area contributed by atoms with Crippen LogP contribution in [0, 0.1) is 12.7 Å². The fourth-order valence-corrected chi connectivity index (χ4v) is 5.00. The molecule has 0 radical (unpaired) electrons. The number of aryl methyl sites for hydroxylation is 1. The van der Waals surface area contributed by atoms with Crippen molar-refractivity contribution in [1.82, 2.24) is 4.41 Å². The van der Waals surface area contributed by atoms with Crippen LogP contribution in [0.1, 0.15) is 16.7 Å². The third kappa shape index (κ3) is 4.42. The number of ether oxygens (including phenoxy) is 1. The normalized spacial score (nSPS) is 14.3. The summed E-state index contributed by atoms with van der Waals surface area (Å²) in [5.74, 6) is -0.808. The Labute approximate surface area is 195 Å². The lowest BCUT2D eigenvalue weighted by Crippen LogP contribution is -2.38. The van der Waals surface area contributed by atoms with Crippen LogP contribution in [-0.4, -0.2) is 38.1 Å². The van der Waals surface area contributed by atoms with Gasteiger partial charge in [-0.3, -0.25) is 4.79 Å². The van der Waals surface area contributed by atoms with Crippen LogP contribution >= 0.6 is 11.6 Å². The highest BCUT2D eigenvalue weighted by Gasteiger charge is 2.35. The van der Waals surface area contributed by atoms with E-state index in [-0.39, 0.29) is 26.8 Å². The van der Waals surface area contributed by atoms with Crippen LogP contribution in [0.15, 0.2) is 70.7 Å². The maximum Gasteiger partial charge on any atom is 0.280 e. The molecule has 0 aliphatic carbocycles. The highest BCUT2D eigenvalue weighted by molar-refractivity contribution is 7.89. The van der Waals surface area contributed by atoms with E-state index in [9.17, 15) is 17.6 Å². The number of hydrogen-bond acceptors (Lipinski definition) is 5. The number of hydrogen-bond donors (Lipinski definition) is 1. The Kier molecular flexibility index (Phi) is 6.09. The van der Waals surface area contributed by atoms with Crippen molar-refractivity contribution in [2.24, 2.45) is 5.10 Å². The fourth-order valence-electron chi connectivity index (χ4n) is 3.45. The van der Waals surface area contributed by atoms with E-state index in [2.05, 4.69) is 10.4 Å². The van der Waals surface area contributed by atoms with Crippen molar-refractivity contribution >= 4 is 38.9 Å². The Hall–Kier alpha value is -3.43. The molecule has 1 amide bonds. The van der Waals surface area contributed by atoms with Gasteiger partial charge in [0, 0.05) is 16.1 Å². The van der Waals surface area contributed by atoms with E-state index >= 15 is 0 Å². The van der Waals surface area contributed by atoms with E-state index in [1.54, 1.807) is 18.2 Å². The quantitative estimate of drug-likeness (QED) is 0.584. The standard InChI is InChI=1S/C23H19ClFN3O4S/c1-14-7-9-20(32-2)19(11-14)26-22(29)13-28-27-23(16-5-3-4-6-18(16)25)17-12-15(24)8-10-21(17)33(28,30)31/h3-12H,13H2,1-2H3,(H,26,29). The topological polar surface area (TPSA) is 88.1 Å². The van der Waals surface area contributed by atoms with Crippen LogP contribution in [0.2, 0.25) is 5.02 Å². The fraction of sp³-hybridized carbons (Fsp3) is 0.130. The zero-order chi connectivity index (χ0) is 23.8. The van der Waals surface area contributed by atoms with E-state index < -0.39 is 28.3 Å². The summed E-state index contributed by atoms with van der Waals surface area (Å²) in [6.45, 7) is 1.22. The third-order valence-corrected chi connectivity index (χ3v) is 6.91. The number of rotatable bonds is 5. The van der Waals surface area contributed by atoms with Gasteiger partial charge in [-0.1, -0.05) is 29.8 Å². The van der Waals surface area contributed by atoms with Crippen molar-refractivity contribution in [2.45, 2.75) is 11.8 Å². The van der Waals surface area contributed by atoms with Gasteiger partial charge in [0.05, 0.1) is 17.7 Å². The Morgan fingerprint density at radius 2 is 1.88 bits per heavy atom. The molecule has 1 N–H and O–H groups in total. The van der Waals surface area contributed by atoms with Crippen molar-refractivity contribution in [1.29, 1.82) is 0 Å². The highest BCUT2D eigenvalue weighted by Crippen LogP contribution is 2.32. The number of fused-ring (bicyclic) bond motifs is 1. The van der Waals surface area contributed by atoms with Gasteiger partial charge in [-0.05, 0) is 55.0 Å². The number of carbonyl (C=O) groups excluding carboxylic acids is 1. The summed E-state index contributed by atoms with van der Waals surface area (Å²) in [6.07, 6.45) is 0. The number of nitrogens with one attached hydrogen (secondary N) is 1. The van der Waals surface area contributed by atoms with Gasteiger partial charge in [0.15, 0.2) is 0 Å². The van der Waals surface area contributed by atoms with Crippen LogP contribution in [0.25, 0.3) is 0 Å². The predicted octanol–water partition coefficient (Wildman–Crippen LogP) is 4.19. The smallest absolute Gasteiger partial charge is 0.280 e. The van der Waals surface area contributed by atoms with E-state index in [0.29, 0.717) is 15.9 Å². The molecule has 0 spiro atoms. The molecule has 170 valence electrons. The molecule has 10 heteroatoms. The SMILES string of the molecule is COc1ccc(C)cc1NC(=O)CN1N=C(c2ccccc2F)c2cc(Cl)ccc2S1(=O)=O. The van der Waals surface area contributed by atoms with E-state index in [1.165, 1.54) is 43.5 Å². The molecule has 0 aromatic heterocycles. The number of nitrogens with zero attached hydrogens (tertiary/aromatic N) is 2. The molecule has 33 heavy (non-hydrogen) atoms. The van der Waals surface area contributed by atoms with Crippen LogP contribution in [-0.2, 0) is 14.8 Å². The van der Waals surface area contributed by atoms with E-state index in [0.717, 1.165) is 5.56 Å². The number of sulfonamides is 1. The Balaban J connectivity index is 1.74. The zero-order valence-electron chi connectivity index (χ0n) is 17.7. The number of methoxy groups -OCH3 is 1. The second kappa shape index (κ2) is 8.84. The zero-order valence-corrected chi connectivity index (χ0v) is 19.2. The lowest BCUT2D eigenvalue weighted by atomic mass is 10.0. The molecule has 0 unspecified atom stereocenters. The van der Waals surface area contributed by atoms with Gasteiger partial charge >= 0.3 is 0 Å². The minimum absolute atomic E-state index is 0.0568. The number of anilines is 1. The summed E-state index contributed by atoms with van der Waals surface area (Å²) in [5, 5.41) is 7.08. The van der Waals surface area contributed by atoms with Crippen LogP contribution in [0.5, 0.6) is 5.75 Å². The molecule has 7 nitrogen and oxygen atoms in total. The van der Waals surface area contributed by atoms with Gasteiger partial charge in [-0.15, -0.1) is 0 Å². The number of hydrazone groups is 1. The first kappa shape index (κ1) is 22.8. The number of benzene rings is 3. The summed E-state index contributed by atoms with van der Waals surface area (Å²) >= 11 is 6.08. The largest absolute Gasteiger partial charge is 0.495 e. The van der Waals surface area contributed by atoms with Crippen molar-refractivity contribution in [3.63, 3.8) is 0 Å². The van der Waals surface area contributed by atoms with E-state index in [4.69, 9.17) is 16.3 Å². The van der Waals surface area contributed by atoms with Crippen LogP contribution < -0.4 is 10.1 Å². The maximum atomic E-state index is 14.6. The molecule has 3 aromatic rings. The first-order chi connectivity index (χ1) is 15.7. The monoisotopic (exact) mass is 487 g/mol. The Morgan fingerprint density at radius 3 is 2.61 bits per heavy atom. The van der Waals surface area contributed by atoms with Gasteiger partial charge in [0.25, 0.3) is 10.0 Å². The molecular weight excluding hydrogens is 469 g/mol. The minimum Gasteiger partial charge on any atom is -0.495 e. The summed E-state index contributed by atoms with van der Waals surface area (Å²) < 4.78 is 46.9. The summed E-state index contributed by atoms with van der Waals surface area (Å²) in [5.41, 5.74) is 1.57. The predicted molar refractivity (Wildman–Crippen MR) is 124 cm³/mol. The molecule has 0 fully saturated rings. The summed E-state index contributed by atoms with van der Waals surface area (Å²) in [7, 11) is -2.73. The molecular formula is C23H19ClFN3O4S. The van der Waals surface area contributed by atoms with Gasteiger partial charge < -0.3 is 10.1 Å². The lowest BCUT2D eigenvalue weighted by Gasteiger charge is -2.27. The summed E-state index contributed by atoms with van der Waals surface area (Å²) in [4.78, 5) is 12.7. The molecule has 0 bridgehead atoms. The Bertz CT molecular complexity index is 1390. The second-order valence-corrected chi connectivity index (χ2v) is 9.55. The molecule has 0 saturated heterocycles. The van der Waals surface area contributed by atoms with Crippen molar-refractivity contribution < 1.29 is 22.3 Å². The highest BCUT2D eigenvalue weighted by atomic mass is 35.5. The molecule has 3 aromatic carbocycles. The molecule has 1 heterocycles. The lowest BCUT2D eigenvalue weighted by molar-refractivity contribution is -0.116. The van der Waals surface area contributed by atoms with Crippen molar-refractivity contribution in [3.05, 3.63) is 88.2 Å². The number of amides is 1. The molecule has 4 rings (SSSR count). The molecule has 0 saturated carbocycles. The molecule has 0 atom stereocenters. The van der Waals surface area contributed by atoms with Gasteiger partial charge in [-0.25, -0.2) is 4.39 Å². The van der Waals surface area contributed by atoms with E-state index in [1.807, 2.05) is 13.0 Å². The third-order valence-electron chi connectivity index (χ3n) is 5.00. The van der Waals surface area contributed by atoms with Gasteiger partial charge in [0.2, 0.25) is 5.91 Å². The van der Waals surface area contributed by atoms with Crippen LogP contribution in [0.4, 0.5) is 10.1 Å². The van der Waals surface area contributed by atoms with Crippen LogP contribution in [0.3, 0.4) is 0 Å². The first-order valence-corrected chi connectivity index (χ1v) is 11.6. The Morgan fingerprint density at radius 1 is 1.12 bits per heavy atom. The van der Waals surface area contributed by atoms with Gasteiger partial charge in [0.1, 0.15) is 23.8 Å². The molecule has 1 aliphatic rings. The second-order valence-electron chi connectivity index (χ2n) is 7.31. The summed E-state index contributed by atoms with van der Waals surface area (Å²) in [6, 6.07) is 15.2. The number of carbonyl (C=O) groups is 1. The van der Waals surface area contributed by atoms with Gasteiger partial charge in [-0.2, -0.15) is 17.9 Å².